The molecule has 0 aliphatic rings. The van der Waals surface area contributed by atoms with Gasteiger partial charge in [0.05, 0.1) is 6.20 Å². The van der Waals surface area contributed by atoms with E-state index in [-0.39, 0.29) is 22.8 Å². The third-order valence-corrected chi connectivity index (χ3v) is 3.13. The Kier molecular flexibility index (Phi) is 5.43. The number of rotatable bonds is 6. The molecule has 0 saturated heterocycles. The lowest BCUT2D eigenvalue weighted by molar-refractivity contribution is -0.138. The Labute approximate surface area is 149 Å². The fourth-order valence-corrected chi connectivity index (χ4v) is 1.87. The van der Waals surface area contributed by atoms with E-state index in [1.165, 1.54) is 19.2 Å². The van der Waals surface area contributed by atoms with Crippen molar-refractivity contribution in [3.63, 3.8) is 0 Å². The molecule has 0 unspecified atom stereocenters. The SMILES string of the molecule is C[C@H](Nc1nc(-c2c[nH]c(C(=O)O)c2)ncc1F)C(=O)NCC(F)(F)F.[HH].[HH].[HH].[HH]. The average molecular weight is 383 g/mol. The second-order valence-corrected chi connectivity index (χ2v) is 5.20. The Morgan fingerprint density at radius 3 is 2.69 bits per heavy atom. The van der Waals surface area contributed by atoms with Gasteiger partial charge in [-0.2, -0.15) is 13.2 Å². The van der Waals surface area contributed by atoms with Gasteiger partial charge in [-0.25, -0.2) is 19.2 Å². The van der Waals surface area contributed by atoms with E-state index in [1.807, 2.05) is 0 Å². The minimum atomic E-state index is -4.57. The number of nitrogens with one attached hydrogen (secondary N) is 3. The predicted octanol–water partition coefficient (Wildman–Crippen LogP) is 2.77. The smallest absolute Gasteiger partial charge is 0.405 e. The van der Waals surface area contributed by atoms with Crippen molar-refractivity contribution in [2.75, 3.05) is 11.9 Å². The number of alkyl halides is 3. The highest BCUT2D eigenvalue weighted by atomic mass is 19.4. The molecule has 0 aliphatic heterocycles. The second-order valence-electron chi connectivity index (χ2n) is 5.20. The highest BCUT2D eigenvalue weighted by molar-refractivity contribution is 5.87. The summed E-state index contributed by atoms with van der Waals surface area (Å²) in [6, 6.07) is 0.00846. The zero-order valence-electron chi connectivity index (χ0n) is 13.2. The fourth-order valence-electron chi connectivity index (χ4n) is 1.87. The van der Waals surface area contributed by atoms with Gasteiger partial charge < -0.3 is 20.7 Å². The summed E-state index contributed by atoms with van der Waals surface area (Å²) in [5, 5.41) is 12.9. The number of hydrogen-bond donors (Lipinski definition) is 4. The van der Waals surface area contributed by atoms with E-state index in [9.17, 15) is 27.2 Å². The van der Waals surface area contributed by atoms with Crippen LogP contribution in [0, 0.1) is 5.82 Å². The fraction of sp³-hybridized carbons (Fsp3) is 0.286. The zero-order chi connectivity index (χ0) is 19.5. The molecule has 0 aromatic carbocycles. The summed E-state index contributed by atoms with van der Waals surface area (Å²) >= 11 is 0. The van der Waals surface area contributed by atoms with Crippen LogP contribution in [0.4, 0.5) is 23.4 Å². The molecular formula is C14H21F4N5O3. The molecule has 2 aromatic heterocycles. The lowest BCUT2D eigenvalue weighted by Gasteiger charge is -2.16. The van der Waals surface area contributed by atoms with Crippen LogP contribution in [-0.2, 0) is 4.79 Å². The summed E-state index contributed by atoms with van der Waals surface area (Å²) < 4.78 is 50.1. The topological polar surface area (TPSA) is 120 Å². The van der Waals surface area contributed by atoms with Crippen LogP contribution >= 0.6 is 0 Å². The minimum absolute atomic E-state index is 0. The maximum atomic E-state index is 13.8. The van der Waals surface area contributed by atoms with Crippen molar-refractivity contribution >= 4 is 17.7 Å². The maximum Gasteiger partial charge on any atom is 0.405 e. The zero-order valence-corrected chi connectivity index (χ0v) is 13.2. The molecule has 2 heterocycles. The highest BCUT2D eigenvalue weighted by Gasteiger charge is 2.29. The van der Waals surface area contributed by atoms with Crippen molar-refractivity contribution in [2.45, 2.75) is 19.1 Å². The van der Waals surface area contributed by atoms with Gasteiger partial charge in [0.15, 0.2) is 17.5 Å². The number of carbonyl (C=O) groups is 2. The number of amides is 1. The molecule has 1 atom stereocenters. The molecule has 0 aliphatic carbocycles. The molecule has 12 heteroatoms. The summed E-state index contributed by atoms with van der Waals surface area (Å²) in [6.07, 6.45) is -2.49. The third-order valence-electron chi connectivity index (χ3n) is 3.13. The van der Waals surface area contributed by atoms with Crippen LogP contribution in [0.3, 0.4) is 0 Å². The number of aromatic amines is 1. The molecule has 0 radical (unpaired) electrons. The van der Waals surface area contributed by atoms with E-state index in [0.29, 0.717) is 0 Å². The highest BCUT2D eigenvalue weighted by Crippen LogP contribution is 2.20. The van der Waals surface area contributed by atoms with Crippen LogP contribution in [0.25, 0.3) is 11.4 Å². The number of aromatic nitrogens is 3. The van der Waals surface area contributed by atoms with Crippen LogP contribution in [0.15, 0.2) is 18.5 Å². The molecule has 0 spiro atoms. The maximum absolute atomic E-state index is 13.8. The van der Waals surface area contributed by atoms with E-state index in [2.05, 4.69) is 20.3 Å². The van der Waals surface area contributed by atoms with Gasteiger partial charge in [0.2, 0.25) is 5.91 Å². The minimum Gasteiger partial charge on any atom is -0.477 e. The predicted molar refractivity (Wildman–Crippen MR) is 89.3 cm³/mol. The van der Waals surface area contributed by atoms with Crippen LogP contribution in [-0.4, -0.2) is 50.7 Å². The first kappa shape index (κ1) is 19.1. The Balaban J connectivity index is -0.00000182. The van der Waals surface area contributed by atoms with Crippen molar-refractivity contribution in [1.82, 2.24) is 20.3 Å². The Hall–Kier alpha value is -3.18. The average Bonchev–Trinajstić information content (AvgIpc) is 3.04. The molecule has 0 bridgehead atoms. The van der Waals surface area contributed by atoms with Gasteiger partial charge in [0.1, 0.15) is 18.3 Å². The van der Waals surface area contributed by atoms with Gasteiger partial charge in [-0.05, 0) is 13.0 Å². The molecule has 2 rings (SSSR count). The first-order chi connectivity index (χ1) is 12.1. The van der Waals surface area contributed by atoms with E-state index < -0.39 is 42.3 Å². The van der Waals surface area contributed by atoms with E-state index in [1.54, 1.807) is 5.32 Å². The molecule has 8 nitrogen and oxygen atoms in total. The Bertz CT molecular complexity index is 838. The molecule has 0 fully saturated rings. The molecule has 2 aromatic rings. The summed E-state index contributed by atoms with van der Waals surface area (Å²) in [5.41, 5.74) is 0.113. The van der Waals surface area contributed by atoms with Crippen molar-refractivity contribution in [3.05, 3.63) is 30.0 Å². The van der Waals surface area contributed by atoms with Gasteiger partial charge in [-0.3, -0.25) is 4.79 Å². The molecule has 4 N–H and O–H groups in total. The third kappa shape index (κ3) is 4.91. The van der Waals surface area contributed by atoms with Crippen molar-refractivity contribution in [2.24, 2.45) is 0 Å². The number of carboxylic acids is 1. The van der Waals surface area contributed by atoms with Gasteiger partial charge in [0.25, 0.3) is 0 Å². The van der Waals surface area contributed by atoms with Gasteiger partial charge in [0, 0.05) is 17.5 Å². The Morgan fingerprint density at radius 2 is 2.12 bits per heavy atom. The van der Waals surface area contributed by atoms with E-state index in [4.69, 9.17) is 5.11 Å². The number of anilines is 1. The van der Waals surface area contributed by atoms with Crippen LogP contribution in [0.2, 0.25) is 0 Å². The van der Waals surface area contributed by atoms with Gasteiger partial charge in [-0.1, -0.05) is 0 Å². The van der Waals surface area contributed by atoms with E-state index in [0.717, 1.165) is 6.20 Å². The van der Waals surface area contributed by atoms with Crippen molar-refractivity contribution in [3.8, 4) is 11.4 Å². The number of nitrogens with zero attached hydrogens (tertiary/aromatic N) is 2. The monoisotopic (exact) mass is 383 g/mol. The van der Waals surface area contributed by atoms with Crippen molar-refractivity contribution < 1.29 is 38.0 Å². The lowest BCUT2D eigenvalue weighted by atomic mass is 10.2. The summed E-state index contributed by atoms with van der Waals surface area (Å²) in [7, 11) is 0. The molecule has 26 heavy (non-hydrogen) atoms. The van der Waals surface area contributed by atoms with Crippen molar-refractivity contribution in [1.29, 1.82) is 0 Å². The molecular weight excluding hydrogens is 362 g/mol. The lowest BCUT2D eigenvalue weighted by Crippen LogP contribution is -2.42. The Morgan fingerprint density at radius 1 is 1.42 bits per heavy atom. The molecule has 148 valence electrons. The summed E-state index contributed by atoms with van der Waals surface area (Å²) in [6.45, 7) is -0.289. The van der Waals surface area contributed by atoms with Gasteiger partial charge >= 0.3 is 12.1 Å². The first-order valence-electron chi connectivity index (χ1n) is 7.12. The number of halogens is 4. The summed E-state index contributed by atoms with van der Waals surface area (Å²) in [4.78, 5) is 32.5. The number of hydrogen-bond acceptors (Lipinski definition) is 5. The number of carbonyl (C=O) groups excluding carboxylic acids is 1. The van der Waals surface area contributed by atoms with Gasteiger partial charge in [-0.15, -0.1) is 0 Å². The normalized spacial score (nSPS) is 12.5. The molecule has 0 saturated carbocycles. The quantitative estimate of drug-likeness (QED) is 0.570. The number of aromatic carboxylic acids is 1. The molecule has 1 amide bonds. The van der Waals surface area contributed by atoms with Crippen LogP contribution in [0.1, 0.15) is 23.1 Å². The standard InChI is InChI=1S/C14H13F4N5O3.4H2/c1-6(12(24)21-5-14(16,17)18)22-11-8(15)4-20-10(23-11)7-2-9(13(25)26)19-3-7;;;;/h2-4,6,19H,5H2,1H3,(H,21,24)(H,25,26)(H,20,22,23);4*1H/t6-;;;;/m0..../s1. The number of H-pyrrole nitrogens is 1. The first-order valence-corrected chi connectivity index (χ1v) is 7.12. The summed E-state index contributed by atoms with van der Waals surface area (Å²) in [5.74, 6) is -3.61. The largest absolute Gasteiger partial charge is 0.477 e. The van der Waals surface area contributed by atoms with E-state index >= 15 is 0 Å². The second kappa shape index (κ2) is 7.37. The van der Waals surface area contributed by atoms with Crippen LogP contribution < -0.4 is 10.6 Å². The number of carboxylic acid groups (broad SMARTS) is 1. The van der Waals surface area contributed by atoms with Crippen LogP contribution in [0.5, 0.6) is 0 Å².